The van der Waals surface area contributed by atoms with Crippen LogP contribution >= 0.6 is 0 Å². The van der Waals surface area contributed by atoms with Crippen molar-refractivity contribution in [3.63, 3.8) is 0 Å². The van der Waals surface area contributed by atoms with Crippen molar-refractivity contribution in [3.8, 4) is 5.75 Å². The van der Waals surface area contributed by atoms with Gasteiger partial charge in [-0.05, 0) is 17.7 Å². The minimum Gasteiger partial charge on any atom is -0.461 e. The highest BCUT2D eigenvalue weighted by Crippen LogP contribution is 2.18. The maximum absolute atomic E-state index is 13.3. The third-order valence-corrected chi connectivity index (χ3v) is 1.65. The lowest BCUT2D eigenvalue weighted by atomic mass is 10.2. The molecule has 86 valence electrons. The molecule has 0 bridgehead atoms. The highest BCUT2D eigenvalue weighted by Gasteiger charge is 2.08. The number of esters is 1. The summed E-state index contributed by atoms with van der Waals surface area (Å²) in [6, 6.07) is 3.80. The average molecular weight is 227 g/mol. The van der Waals surface area contributed by atoms with E-state index < -0.39 is 17.9 Å². The summed E-state index contributed by atoms with van der Waals surface area (Å²) in [5.74, 6) is -1.47. The van der Waals surface area contributed by atoms with Crippen LogP contribution in [0.3, 0.4) is 0 Å². The lowest BCUT2D eigenvalue weighted by Gasteiger charge is -2.05. The predicted octanol–water partition coefficient (Wildman–Crippen LogP) is 1.35. The van der Waals surface area contributed by atoms with Crippen LogP contribution in [0.4, 0.5) is 9.18 Å². The summed E-state index contributed by atoms with van der Waals surface area (Å²) < 4.78 is 22.3. The zero-order valence-electron chi connectivity index (χ0n) is 8.53. The monoisotopic (exact) mass is 227 g/mol. The summed E-state index contributed by atoms with van der Waals surface area (Å²) in [6.45, 7) is 1.21. The number of ether oxygens (including phenoxy) is 2. The number of carbonyl (C=O) groups is 2. The number of hydrogen-bond acceptors (Lipinski definition) is 4. The number of carbonyl (C=O) groups excluding carboxylic acids is 2. The number of rotatable bonds is 3. The van der Waals surface area contributed by atoms with Crippen molar-refractivity contribution in [2.24, 2.45) is 5.73 Å². The molecule has 5 nitrogen and oxygen atoms in total. The van der Waals surface area contributed by atoms with Gasteiger partial charge in [-0.15, -0.1) is 0 Å². The third kappa shape index (κ3) is 3.56. The fraction of sp³-hybridized carbons (Fsp3) is 0.200. The predicted molar refractivity (Wildman–Crippen MR) is 52.1 cm³/mol. The number of halogens is 1. The van der Waals surface area contributed by atoms with Crippen LogP contribution in [0.1, 0.15) is 12.5 Å². The molecule has 0 spiro atoms. The van der Waals surface area contributed by atoms with Crippen molar-refractivity contribution >= 4 is 12.1 Å². The fourth-order valence-corrected chi connectivity index (χ4v) is 1.01. The molecule has 0 aliphatic rings. The average Bonchev–Trinajstić information content (AvgIpc) is 2.18. The topological polar surface area (TPSA) is 78.6 Å². The molecule has 0 aliphatic carbocycles. The summed E-state index contributed by atoms with van der Waals surface area (Å²) in [5, 5.41) is 0. The molecule has 0 aromatic heterocycles. The molecule has 1 amide bonds. The lowest BCUT2D eigenvalue weighted by Crippen LogP contribution is -2.17. The van der Waals surface area contributed by atoms with E-state index in [4.69, 9.17) is 5.73 Å². The Morgan fingerprint density at radius 3 is 2.62 bits per heavy atom. The maximum Gasteiger partial charge on any atom is 0.410 e. The Morgan fingerprint density at radius 2 is 2.12 bits per heavy atom. The molecule has 1 rings (SSSR count). The second kappa shape index (κ2) is 5.11. The van der Waals surface area contributed by atoms with Crippen molar-refractivity contribution in [2.75, 3.05) is 0 Å². The molecule has 0 heterocycles. The van der Waals surface area contributed by atoms with Gasteiger partial charge in [0, 0.05) is 6.92 Å². The zero-order chi connectivity index (χ0) is 12.1. The highest BCUT2D eigenvalue weighted by molar-refractivity contribution is 5.68. The summed E-state index contributed by atoms with van der Waals surface area (Å²) in [7, 11) is 0. The van der Waals surface area contributed by atoms with E-state index in [-0.39, 0.29) is 12.4 Å². The maximum atomic E-state index is 13.3. The first-order valence-electron chi connectivity index (χ1n) is 4.38. The minimum absolute atomic E-state index is 0.0386. The van der Waals surface area contributed by atoms with E-state index in [1.54, 1.807) is 0 Å². The van der Waals surface area contributed by atoms with Crippen LogP contribution in [0.15, 0.2) is 18.2 Å². The summed E-state index contributed by atoms with van der Waals surface area (Å²) >= 11 is 0. The third-order valence-electron chi connectivity index (χ3n) is 1.65. The smallest absolute Gasteiger partial charge is 0.410 e. The minimum atomic E-state index is -1.09. The Balaban J connectivity index is 2.74. The molecule has 0 aliphatic heterocycles. The van der Waals surface area contributed by atoms with Crippen molar-refractivity contribution in [3.05, 3.63) is 29.6 Å². The van der Waals surface area contributed by atoms with Crippen LogP contribution in [0.5, 0.6) is 5.75 Å². The molecular formula is C10H10FNO4. The molecule has 16 heavy (non-hydrogen) atoms. The summed E-state index contributed by atoms with van der Waals surface area (Å²) in [6.07, 6.45) is -1.09. The van der Waals surface area contributed by atoms with Crippen LogP contribution < -0.4 is 10.5 Å². The van der Waals surface area contributed by atoms with E-state index in [1.165, 1.54) is 19.1 Å². The van der Waals surface area contributed by atoms with Crippen molar-refractivity contribution in [1.82, 2.24) is 0 Å². The van der Waals surface area contributed by atoms with E-state index in [0.29, 0.717) is 5.56 Å². The normalized spacial score (nSPS) is 9.62. The second-order valence-electron chi connectivity index (χ2n) is 2.97. The molecular weight excluding hydrogens is 217 g/mol. The van der Waals surface area contributed by atoms with Crippen LogP contribution in [0, 0.1) is 5.82 Å². The first kappa shape index (κ1) is 12.0. The molecule has 2 N–H and O–H groups in total. The SMILES string of the molecule is CC(=O)OCc1ccc(OC(N)=O)c(F)c1. The molecule has 0 fully saturated rings. The van der Waals surface area contributed by atoms with Crippen LogP contribution in [-0.2, 0) is 16.1 Å². The van der Waals surface area contributed by atoms with Crippen molar-refractivity contribution < 1.29 is 23.5 Å². The Labute approximate surface area is 90.9 Å². The number of nitrogens with two attached hydrogens (primary N) is 1. The van der Waals surface area contributed by atoms with E-state index in [2.05, 4.69) is 9.47 Å². The van der Waals surface area contributed by atoms with Crippen molar-refractivity contribution in [1.29, 1.82) is 0 Å². The van der Waals surface area contributed by atoms with Gasteiger partial charge < -0.3 is 15.2 Å². The van der Waals surface area contributed by atoms with Crippen LogP contribution in [0.2, 0.25) is 0 Å². The number of primary amides is 1. The fourth-order valence-electron chi connectivity index (χ4n) is 1.01. The molecule has 6 heteroatoms. The largest absolute Gasteiger partial charge is 0.461 e. The summed E-state index contributed by atoms with van der Waals surface area (Å²) in [4.78, 5) is 20.9. The van der Waals surface area contributed by atoms with E-state index in [9.17, 15) is 14.0 Å². The number of benzene rings is 1. The number of hydrogen-bond donors (Lipinski definition) is 1. The van der Waals surface area contributed by atoms with Crippen LogP contribution in [0.25, 0.3) is 0 Å². The van der Waals surface area contributed by atoms with Crippen LogP contribution in [-0.4, -0.2) is 12.1 Å². The van der Waals surface area contributed by atoms with E-state index >= 15 is 0 Å². The van der Waals surface area contributed by atoms with Gasteiger partial charge in [-0.1, -0.05) is 6.07 Å². The van der Waals surface area contributed by atoms with Gasteiger partial charge in [0.2, 0.25) is 0 Å². The van der Waals surface area contributed by atoms with Gasteiger partial charge in [-0.3, -0.25) is 4.79 Å². The quantitative estimate of drug-likeness (QED) is 0.790. The Bertz CT molecular complexity index is 419. The molecule has 0 atom stereocenters. The first-order chi connectivity index (χ1) is 7.49. The standard InChI is InChI=1S/C10H10FNO4/c1-6(13)15-5-7-2-3-9(8(11)4-7)16-10(12)14/h2-4H,5H2,1H3,(H2,12,14). The van der Waals surface area contributed by atoms with Gasteiger partial charge in [0.1, 0.15) is 6.61 Å². The van der Waals surface area contributed by atoms with Gasteiger partial charge in [-0.2, -0.15) is 0 Å². The summed E-state index contributed by atoms with van der Waals surface area (Å²) in [5.41, 5.74) is 5.18. The van der Waals surface area contributed by atoms with E-state index in [0.717, 1.165) is 6.07 Å². The lowest BCUT2D eigenvalue weighted by molar-refractivity contribution is -0.142. The second-order valence-corrected chi connectivity index (χ2v) is 2.97. The van der Waals surface area contributed by atoms with Gasteiger partial charge in [0.15, 0.2) is 11.6 Å². The Hall–Kier alpha value is -2.11. The van der Waals surface area contributed by atoms with E-state index in [1.807, 2.05) is 0 Å². The van der Waals surface area contributed by atoms with Gasteiger partial charge in [0.25, 0.3) is 0 Å². The first-order valence-corrected chi connectivity index (χ1v) is 4.38. The van der Waals surface area contributed by atoms with Gasteiger partial charge in [0.05, 0.1) is 0 Å². The molecule has 0 unspecified atom stereocenters. The van der Waals surface area contributed by atoms with Gasteiger partial charge in [-0.25, -0.2) is 9.18 Å². The Morgan fingerprint density at radius 1 is 1.44 bits per heavy atom. The molecule has 1 aromatic rings. The number of amides is 1. The Kier molecular flexibility index (Phi) is 3.82. The highest BCUT2D eigenvalue weighted by atomic mass is 19.1. The molecule has 1 aromatic carbocycles. The van der Waals surface area contributed by atoms with Gasteiger partial charge >= 0.3 is 12.1 Å². The zero-order valence-corrected chi connectivity index (χ0v) is 8.53. The molecule has 0 saturated heterocycles. The molecule has 0 radical (unpaired) electrons. The van der Waals surface area contributed by atoms with Crippen molar-refractivity contribution in [2.45, 2.75) is 13.5 Å². The molecule has 0 saturated carbocycles.